The van der Waals surface area contributed by atoms with Gasteiger partial charge in [0.2, 0.25) is 0 Å². The summed E-state index contributed by atoms with van der Waals surface area (Å²) in [4.78, 5) is 25.0. The van der Waals surface area contributed by atoms with Crippen LogP contribution in [0.4, 0.5) is 11.4 Å². The average Bonchev–Trinajstić information content (AvgIpc) is 3.15. The summed E-state index contributed by atoms with van der Waals surface area (Å²) in [5, 5.41) is 13.9. The van der Waals surface area contributed by atoms with Crippen LogP contribution in [0.3, 0.4) is 0 Å². The van der Waals surface area contributed by atoms with Crippen LogP contribution in [0.2, 0.25) is 0 Å². The molecule has 1 aromatic carbocycles. The van der Waals surface area contributed by atoms with Gasteiger partial charge in [-0.2, -0.15) is 0 Å². The molecule has 1 amide bonds. The molecule has 2 aliphatic rings. The number of non-ortho nitro benzene ring substituents is 1. The van der Waals surface area contributed by atoms with Crippen LogP contribution < -0.4 is 5.32 Å². The molecule has 1 aromatic rings. The minimum atomic E-state index is -0.489. The molecule has 1 N–H and O–H groups in total. The average molecular weight is 335 g/mol. The highest BCUT2D eigenvalue weighted by Crippen LogP contribution is 2.28. The van der Waals surface area contributed by atoms with Crippen molar-refractivity contribution in [1.82, 2.24) is 4.90 Å². The number of carbonyl (C=O) groups excluding carboxylic acids is 1. The van der Waals surface area contributed by atoms with Crippen molar-refractivity contribution < 1.29 is 19.2 Å². The van der Waals surface area contributed by atoms with Gasteiger partial charge in [0, 0.05) is 43.9 Å². The van der Waals surface area contributed by atoms with Crippen molar-refractivity contribution in [3.05, 3.63) is 33.9 Å². The molecular formula is C16H21N3O5. The third kappa shape index (κ3) is 3.34. The number of amides is 1. The fourth-order valence-electron chi connectivity index (χ4n) is 3.23. The van der Waals surface area contributed by atoms with Gasteiger partial charge in [-0.05, 0) is 18.9 Å². The molecule has 0 aromatic heterocycles. The van der Waals surface area contributed by atoms with Crippen LogP contribution >= 0.6 is 0 Å². The van der Waals surface area contributed by atoms with Gasteiger partial charge < -0.3 is 19.7 Å². The molecule has 0 atom stereocenters. The normalized spacial score (nSPS) is 19.5. The lowest BCUT2D eigenvalue weighted by molar-refractivity contribution is -0.384. The molecule has 0 spiro atoms. The SMILES string of the molecule is CNc1ccc([N+](=O)[O-])cc1C(=O)N1CCC(C2OCCO2)CC1. The van der Waals surface area contributed by atoms with Crippen molar-refractivity contribution in [3.8, 4) is 0 Å². The Morgan fingerprint density at radius 3 is 2.54 bits per heavy atom. The number of ether oxygens (including phenoxy) is 2. The van der Waals surface area contributed by atoms with Crippen molar-refractivity contribution >= 4 is 17.3 Å². The Balaban J connectivity index is 1.70. The number of piperidine rings is 1. The first kappa shape index (κ1) is 16.7. The Kier molecular flexibility index (Phi) is 4.96. The zero-order valence-corrected chi connectivity index (χ0v) is 13.6. The summed E-state index contributed by atoms with van der Waals surface area (Å²) in [6, 6.07) is 4.30. The molecule has 0 radical (unpaired) electrons. The van der Waals surface area contributed by atoms with Crippen molar-refractivity contribution in [3.63, 3.8) is 0 Å². The number of hydrogen-bond donors (Lipinski definition) is 1. The van der Waals surface area contributed by atoms with Crippen LogP contribution in [-0.4, -0.2) is 55.4 Å². The maximum Gasteiger partial charge on any atom is 0.270 e. The number of anilines is 1. The number of rotatable bonds is 4. The fourth-order valence-corrected chi connectivity index (χ4v) is 3.23. The van der Waals surface area contributed by atoms with Crippen molar-refractivity contribution in [2.75, 3.05) is 38.7 Å². The minimum absolute atomic E-state index is 0.0833. The Morgan fingerprint density at radius 2 is 1.96 bits per heavy atom. The lowest BCUT2D eigenvalue weighted by Crippen LogP contribution is -2.41. The predicted octanol–water partition coefficient (Wildman–Crippen LogP) is 1.86. The number of benzene rings is 1. The number of nitro groups is 1. The van der Waals surface area contributed by atoms with Crippen LogP contribution in [0, 0.1) is 16.0 Å². The highest BCUT2D eigenvalue weighted by molar-refractivity contribution is 6.00. The van der Waals surface area contributed by atoms with E-state index in [1.54, 1.807) is 18.0 Å². The van der Waals surface area contributed by atoms with Gasteiger partial charge in [-0.15, -0.1) is 0 Å². The molecule has 2 aliphatic heterocycles. The Hall–Kier alpha value is -2.19. The largest absolute Gasteiger partial charge is 0.387 e. The quantitative estimate of drug-likeness (QED) is 0.667. The van der Waals surface area contributed by atoms with Crippen LogP contribution in [0.25, 0.3) is 0 Å². The molecule has 3 rings (SSSR count). The van der Waals surface area contributed by atoms with Crippen LogP contribution in [-0.2, 0) is 9.47 Å². The van der Waals surface area contributed by atoms with E-state index in [4.69, 9.17) is 9.47 Å². The molecule has 24 heavy (non-hydrogen) atoms. The van der Waals surface area contributed by atoms with Gasteiger partial charge in [-0.25, -0.2) is 0 Å². The predicted molar refractivity (Wildman–Crippen MR) is 87.0 cm³/mol. The van der Waals surface area contributed by atoms with E-state index in [0.29, 0.717) is 43.5 Å². The van der Waals surface area contributed by atoms with Gasteiger partial charge in [0.1, 0.15) is 0 Å². The lowest BCUT2D eigenvalue weighted by Gasteiger charge is -2.34. The molecule has 2 fully saturated rings. The summed E-state index contributed by atoms with van der Waals surface area (Å²) < 4.78 is 11.1. The first-order valence-electron chi connectivity index (χ1n) is 8.09. The number of nitrogens with zero attached hydrogens (tertiary/aromatic N) is 2. The van der Waals surface area contributed by atoms with Gasteiger partial charge in [0.25, 0.3) is 11.6 Å². The monoisotopic (exact) mass is 335 g/mol. The molecule has 2 saturated heterocycles. The van der Waals surface area contributed by atoms with Crippen LogP contribution in [0.5, 0.6) is 0 Å². The maximum atomic E-state index is 12.8. The third-order valence-electron chi connectivity index (χ3n) is 4.57. The molecule has 0 unspecified atom stereocenters. The number of carbonyl (C=O) groups is 1. The first-order valence-corrected chi connectivity index (χ1v) is 8.09. The van der Waals surface area contributed by atoms with E-state index in [1.807, 2.05) is 0 Å². The minimum Gasteiger partial charge on any atom is -0.387 e. The summed E-state index contributed by atoms with van der Waals surface area (Å²) in [5.74, 6) is 0.111. The van der Waals surface area contributed by atoms with E-state index in [2.05, 4.69) is 5.32 Å². The summed E-state index contributed by atoms with van der Waals surface area (Å²) >= 11 is 0. The number of nitro benzene ring substituents is 1. The Bertz CT molecular complexity index is 622. The summed E-state index contributed by atoms with van der Waals surface area (Å²) in [6.07, 6.45) is 1.45. The Labute approximate surface area is 139 Å². The van der Waals surface area contributed by atoms with Crippen molar-refractivity contribution in [1.29, 1.82) is 0 Å². The Morgan fingerprint density at radius 1 is 1.29 bits per heavy atom. The summed E-state index contributed by atoms with van der Waals surface area (Å²) in [5.41, 5.74) is 0.841. The van der Waals surface area contributed by atoms with Gasteiger partial charge in [-0.3, -0.25) is 14.9 Å². The maximum absolute atomic E-state index is 12.8. The van der Waals surface area contributed by atoms with Crippen molar-refractivity contribution in [2.45, 2.75) is 19.1 Å². The highest BCUT2D eigenvalue weighted by atomic mass is 16.7. The summed E-state index contributed by atoms with van der Waals surface area (Å²) in [7, 11) is 1.69. The molecule has 0 saturated carbocycles. The van der Waals surface area contributed by atoms with E-state index in [0.717, 1.165) is 12.8 Å². The fraction of sp³-hybridized carbons (Fsp3) is 0.562. The standard InChI is InChI=1S/C16H21N3O5/c1-17-14-3-2-12(19(21)22)10-13(14)15(20)18-6-4-11(5-7-18)16-23-8-9-24-16/h2-3,10-11,16-17H,4-9H2,1H3. The molecule has 8 nitrogen and oxygen atoms in total. The van der Waals surface area contributed by atoms with Crippen LogP contribution in [0.1, 0.15) is 23.2 Å². The molecule has 0 aliphatic carbocycles. The number of hydrogen-bond acceptors (Lipinski definition) is 6. The van der Waals surface area contributed by atoms with Crippen molar-refractivity contribution in [2.24, 2.45) is 5.92 Å². The van der Waals surface area contributed by atoms with Gasteiger partial charge in [0.05, 0.1) is 23.7 Å². The number of nitrogens with one attached hydrogen (secondary N) is 1. The van der Waals surface area contributed by atoms with Gasteiger partial charge >= 0.3 is 0 Å². The van der Waals surface area contributed by atoms with E-state index in [-0.39, 0.29) is 17.9 Å². The van der Waals surface area contributed by atoms with E-state index in [9.17, 15) is 14.9 Å². The summed E-state index contributed by atoms with van der Waals surface area (Å²) in [6.45, 7) is 2.45. The van der Waals surface area contributed by atoms with E-state index >= 15 is 0 Å². The van der Waals surface area contributed by atoms with E-state index < -0.39 is 4.92 Å². The molecule has 8 heteroatoms. The van der Waals surface area contributed by atoms with E-state index in [1.165, 1.54) is 12.1 Å². The molecule has 0 bridgehead atoms. The molecular weight excluding hydrogens is 314 g/mol. The third-order valence-corrected chi connectivity index (χ3v) is 4.57. The van der Waals surface area contributed by atoms with Gasteiger partial charge in [0.15, 0.2) is 6.29 Å². The zero-order valence-electron chi connectivity index (χ0n) is 13.6. The van der Waals surface area contributed by atoms with Gasteiger partial charge in [-0.1, -0.05) is 0 Å². The van der Waals surface area contributed by atoms with Crippen LogP contribution in [0.15, 0.2) is 18.2 Å². The lowest BCUT2D eigenvalue weighted by atomic mass is 9.95. The highest BCUT2D eigenvalue weighted by Gasteiger charge is 2.32. The smallest absolute Gasteiger partial charge is 0.270 e. The topological polar surface area (TPSA) is 93.9 Å². The second kappa shape index (κ2) is 7.14. The zero-order chi connectivity index (χ0) is 17.1. The second-order valence-corrected chi connectivity index (χ2v) is 5.98. The molecule has 2 heterocycles. The molecule has 130 valence electrons. The number of likely N-dealkylation sites (tertiary alicyclic amines) is 1. The first-order chi connectivity index (χ1) is 11.6. The second-order valence-electron chi connectivity index (χ2n) is 5.98.